The molecule has 0 aliphatic rings. The highest BCUT2D eigenvalue weighted by molar-refractivity contribution is 5.71. The van der Waals surface area contributed by atoms with Gasteiger partial charge in [0.05, 0.1) is 0 Å². The Balaban J connectivity index is 4.31. The van der Waals surface area contributed by atoms with Gasteiger partial charge in [-0.3, -0.25) is 14.4 Å². The van der Waals surface area contributed by atoms with E-state index in [1.807, 2.05) is 0 Å². The summed E-state index contributed by atoms with van der Waals surface area (Å²) in [7, 11) is 0. The predicted octanol–water partition coefficient (Wildman–Crippen LogP) is 16.1. The van der Waals surface area contributed by atoms with E-state index in [2.05, 4.69) is 34.6 Å². The molecule has 0 spiro atoms. The Morgan fingerprint density at radius 3 is 1.00 bits per heavy atom. The van der Waals surface area contributed by atoms with E-state index in [4.69, 9.17) is 14.2 Å². The standard InChI is InChI=1S/C51H98O6/c1-6-8-9-10-11-12-21-26-31-36-41-49(52)55-44-48(57-51(54)43-38-33-28-23-18-17-20-25-30-35-40-47(5)7-2)45-56-50(53)42-37-32-27-22-16-14-13-15-19-24-29-34-39-46(3)4/h46-48H,6-45H2,1-5H3/t47?,48-/m0/s1. The van der Waals surface area contributed by atoms with Crippen molar-refractivity contribution < 1.29 is 28.6 Å². The number of carbonyl (C=O) groups is 3. The number of hydrogen-bond acceptors (Lipinski definition) is 6. The van der Waals surface area contributed by atoms with Crippen molar-refractivity contribution in [3.63, 3.8) is 0 Å². The van der Waals surface area contributed by atoms with Gasteiger partial charge in [0, 0.05) is 19.3 Å². The van der Waals surface area contributed by atoms with Crippen LogP contribution in [-0.4, -0.2) is 37.2 Å². The molecule has 0 aliphatic carbocycles. The predicted molar refractivity (Wildman–Crippen MR) is 243 cm³/mol. The minimum atomic E-state index is -0.761. The number of hydrogen-bond donors (Lipinski definition) is 0. The first kappa shape index (κ1) is 55.4. The molecule has 0 heterocycles. The van der Waals surface area contributed by atoms with Gasteiger partial charge in [-0.1, -0.05) is 240 Å². The molecule has 0 aromatic carbocycles. The molecule has 0 rings (SSSR count). The molecule has 0 radical (unpaired) electrons. The van der Waals surface area contributed by atoms with E-state index in [1.54, 1.807) is 0 Å². The molecule has 57 heavy (non-hydrogen) atoms. The Bertz CT molecular complexity index is 872. The van der Waals surface area contributed by atoms with Crippen LogP contribution in [0, 0.1) is 11.8 Å². The minimum absolute atomic E-state index is 0.0640. The fourth-order valence-corrected chi connectivity index (χ4v) is 7.60. The molecule has 6 nitrogen and oxygen atoms in total. The van der Waals surface area contributed by atoms with Crippen LogP contribution in [0.2, 0.25) is 0 Å². The van der Waals surface area contributed by atoms with Crippen molar-refractivity contribution in [2.45, 2.75) is 285 Å². The fourth-order valence-electron chi connectivity index (χ4n) is 7.60. The molecule has 0 aliphatic heterocycles. The van der Waals surface area contributed by atoms with Gasteiger partial charge in [0.25, 0.3) is 0 Å². The van der Waals surface area contributed by atoms with Crippen LogP contribution in [0.3, 0.4) is 0 Å². The Morgan fingerprint density at radius 1 is 0.368 bits per heavy atom. The van der Waals surface area contributed by atoms with Crippen LogP contribution in [-0.2, 0) is 28.6 Å². The van der Waals surface area contributed by atoms with Gasteiger partial charge in [0.2, 0.25) is 0 Å². The number of ether oxygens (including phenoxy) is 3. The zero-order valence-electron chi connectivity index (χ0n) is 39.0. The molecule has 338 valence electrons. The van der Waals surface area contributed by atoms with Crippen molar-refractivity contribution in [1.82, 2.24) is 0 Å². The maximum atomic E-state index is 12.8. The third-order valence-electron chi connectivity index (χ3n) is 11.8. The molecule has 2 atom stereocenters. The summed E-state index contributed by atoms with van der Waals surface area (Å²) in [5.41, 5.74) is 0. The van der Waals surface area contributed by atoms with Gasteiger partial charge in [-0.25, -0.2) is 0 Å². The highest BCUT2D eigenvalue weighted by Gasteiger charge is 2.19. The lowest BCUT2D eigenvalue weighted by molar-refractivity contribution is -0.167. The SMILES string of the molecule is CCCCCCCCCCCCC(=O)OC[C@@H](COC(=O)CCCCCCCCCCCCCCC(C)C)OC(=O)CCCCCCCCCCCCC(C)CC. The quantitative estimate of drug-likeness (QED) is 0.0346. The molecule has 0 aromatic heterocycles. The van der Waals surface area contributed by atoms with Crippen molar-refractivity contribution in [2.75, 3.05) is 13.2 Å². The smallest absolute Gasteiger partial charge is 0.306 e. The van der Waals surface area contributed by atoms with Crippen molar-refractivity contribution in [3.05, 3.63) is 0 Å². The molecule has 0 amide bonds. The van der Waals surface area contributed by atoms with Crippen molar-refractivity contribution in [1.29, 1.82) is 0 Å². The van der Waals surface area contributed by atoms with E-state index in [-0.39, 0.29) is 31.1 Å². The Kier molecular flexibility index (Phi) is 42.7. The summed E-state index contributed by atoms with van der Waals surface area (Å²) in [6, 6.07) is 0. The van der Waals surface area contributed by atoms with Crippen molar-refractivity contribution in [3.8, 4) is 0 Å². The molecule has 0 bridgehead atoms. The van der Waals surface area contributed by atoms with Gasteiger partial charge in [-0.2, -0.15) is 0 Å². The average Bonchev–Trinajstić information content (AvgIpc) is 3.19. The van der Waals surface area contributed by atoms with E-state index in [0.717, 1.165) is 69.6 Å². The van der Waals surface area contributed by atoms with E-state index in [1.165, 1.54) is 167 Å². The third kappa shape index (κ3) is 43.8. The summed E-state index contributed by atoms with van der Waals surface area (Å²) >= 11 is 0. The van der Waals surface area contributed by atoms with Crippen LogP contribution in [0.1, 0.15) is 279 Å². The van der Waals surface area contributed by atoms with Crippen LogP contribution in [0.4, 0.5) is 0 Å². The third-order valence-corrected chi connectivity index (χ3v) is 11.8. The van der Waals surface area contributed by atoms with Gasteiger partial charge < -0.3 is 14.2 Å². The summed E-state index contributed by atoms with van der Waals surface area (Å²) in [5, 5.41) is 0. The number of rotatable bonds is 45. The summed E-state index contributed by atoms with van der Waals surface area (Å²) in [4.78, 5) is 37.9. The second kappa shape index (κ2) is 44.0. The molecule has 6 heteroatoms. The van der Waals surface area contributed by atoms with Crippen LogP contribution in [0.15, 0.2) is 0 Å². The fraction of sp³-hybridized carbons (Fsp3) is 0.941. The van der Waals surface area contributed by atoms with E-state index in [0.29, 0.717) is 19.3 Å². The van der Waals surface area contributed by atoms with Gasteiger partial charge in [-0.05, 0) is 31.1 Å². The maximum absolute atomic E-state index is 12.8. The van der Waals surface area contributed by atoms with Gasteiger partial charge in [-0.15, -0.1) is 0 Å². The average molecular weight is 807 g/mol. The van der Waals surface area contributed by atoms with Gasteiger partial charge >= 0.3 is 17.9 Å². The summed E-state index contributed by atoms with van der Waals surface area (Å²) in [6.07, 6.45) is 43.6. The van der Waals surface area contributed by atoms with Gasteiger partial charge in [0.1, 0.15) is 13.2 Å². The molecule has 0 saturated heterocycles. The molecule has 0 saturated carbocycles. The highest BCUT2D eigenvalue weighted by atomic mass is 16.6. The van der Waals surface area contributed by atoms with Gasteiger partial charge in [0.15, 0.2) is 6.10 Å². The number of carbonyl (C=O) groups excluding carboxylic acids is 3. The van der Waals surface area contributed by atoms with Crippen LogP contribution >= 0.6 is 0 Å². The first-order valence-corrected chi connectivity index (χ1v) is 25.3. The lowest BCUT2D eigenvalue weighted by atomic mass is 9.99. The topological polar surface area (TPSA) is 78.9 Å². The molecule has 0 fully saturated rings. The number of unbranched alkanes of at least 4 members (excludes halogenated alkanes) is 29. The van der Waals surface area contributed by atoms with Crippen LogP contribution < -0.4 is 0 Å². The number of esters is 3. The summed E-state index contributed by atoms with van der Waals surface area (Å²) in [5.74, 6) is 0.850. The minimum Gasteiger partial charge on any atom is -0.462 e. The zero-order chi connectivity index (χ0) is 41.9. The van der Waals surface area contributed by atoms with E-state index >= 15 is 0 Å². The Labute approximate surface area is 355 Å². The normalized spacial score (nSPS) is 12.5. The maximum Gasteiger partial charge on any atom is 0.306 e. The first-order valence-electron chi connectivity index (χ1n) is 25.3. The van der Waals surface area contributed by atoms with Crippen molar-refractivity contribution in [2.24, 2.45) is 11.8 Å². The molecular weight excluding hydrogens is 709 g/mol. The second-order valence-corrected chi connectivity index (χ2v) is 18.2. The molecular formula is C51H98O6. The lowest BCUT2D eigenvalue weighted by Gasteiger charge is -2.18. The Hall–Kier alpha value is -1.59. The molecule has 0 aromatic rings. The molecule has 1 unspecified atom stereocenters. The van der Waals surface area contributed by atoms with Crippen LogP contribution in [0.5, 0.6) is 0 Å². The highest BCUT2D eigenvalue weighted by Crippen LogP contribution is 2.18. The van der Waals surface area contributed by atoms with E-state index < -0.39 is 6.10 Å². The summed E-state index contributed by atoms with van der Waals surface area (Å²) < 4.78 is 16.8. The second-order valence-electron chi connectivity index (χ2n) is 18.2. The van der Waals surface area contributed by atoms with E-state index in [9.17, 15) is 14.4 Å². The summed E-state index contributed by atoms with van der Waals surface area (Å²) in [6.45, 7) is 11.4. The van der Waals surface area contributed by atoms with Crippen LogP contribution in [0.25, 0.3) is 0 Å². The molecule has 0 N–H and O–H groups in total. The zero-order valence-corrected chi connectivity index (χ0v) is 39.0. The monoisotopic (exact) mass is 807 g/mol. The first-order chi connectivity index (χ1) is 27.8. The lowest BCUT2D eigenvalue weighted by Crippen LogP contribution is -2.30. The Morgan fingerprint density at radius 2 is 0.667 bits per heavy atom. The van der Waals surface area contributed by atoms with Crippen molar-refractivity contribution >= 4 is 17.9 Å². The largest absolute Gasteiger partial charge is 0.462 e.